The number of benzene rings is 1. The van der Waals surface area contributed by atoms with Gasteiger partial charge in [-0.25, -0.2) is 0 Å². The van der Waals surface area contributed by atoms with Crippen LogP contribution in [0.4, 0.5) is 0 Å². The SMILES string of the molecule is CC(=O)C(C)(COS(C)(=O)=O)C(=O)OC(C)(C)C.CC(=O)C(C)(COc1ccc(C)cc1)C(=O)OC(C)(C)C.O=S=O. The minimum Gasteiger partial charge on any atom is -0.492 e. The molecule has 12 nitrogen and oxygen atoms in total. The van der Waals surface area contributed by atoms with Crippen LogP contribution in [0.2, 0.25) is 0 Å². The molecule has 0 radical (unpaired) electrons. The van der Waals surface area contributed by atoms with Gasteiger partial charge in [-0.1, -0.05) is 17.7 Å². The molecule has 0 aliphatic carbocycles. The maximum absolute atomic E-state index is 12.3. The van der Waals surface area contributed by atoms with E-state index >= 15 is 0 Å². The highest BCUT2D eigenvalue weighted by Gasteiger charge is 2.44. The van der Waals surface area contributed by atoms with Gasteiger partial charge in [0.05, 0.1) is 12.9 Å². The summed E-state index contributed by atoms with van der Waals surface area (Å²) in [4.78, 5) is 47.6. The molecule has 0 aliphatic rings. The fourth-order valence-electron chi connectivity index (χ4n) is 2.48. The number of hydrogen-bond donors (Lipinski definition) is 0. The van der Waals surface area contributed by atoms with Crippen LogP contribution in [0, 0.1) is 17.8 Å². The van der Waals surface area contributed by atoms with Gasteiger partial charge in [0.2, 0.25) is 0 Å². The number of aryl methyl sites for hydroxylation is 1. The summed E-state index contributed by atoms with van der Waals surface area (Å²) >= 11 is -0.750. The molecule has 2 unspecified atom stereocenters. The monoisotopic (exact) mass is 636 g/mol. The molecule has 0 aliphatic heterocycles. The summed E-state index contributed by atoms with van der Waals surface area (Å²) in [7, 11) is -3.73. The fraction of sp³-hybridized carbons (Fsp3) is 0.643. The van der Waals surface area contributed by atoms with Crippen molar-refractivity contribution in [2.24, 2.45) is 10.8 Å². The van der Waals surface area contributed by atoms with E-state index in [1.807, 2.05) is 31.2 Å². The number of rotatable bonds is 10. The molecule has 1 aromatic rings. The molecule has 42 heavy (non-hydrogen) atoms. The van der Waals surface area contributed by atoms with Crippen molar-refractivity contribution in [3.63, 3.8) is 0 Å². The van der Waals surface area contributed by atoms with Crippen molar-refractivity contribution >= 4 is 45.2 Å². The van der Waals surface area contributed by atoms with Gasteiger partial charge < -0.3 is 14.2 Å². The van der Waals surface area contributed by atoms with Crippen molar-refractivity contribution in [1.82, 2.24) is 0 Å². The average molecular weight is 637 g/mol. The second-order valence-electron chi connectivity index (χ2n) is 11.9. The van der Waals surface area contributed by atoms with E-state index in [0.29, 0.717) is 5.75 Å². The molecule has 0 fully saturated rings. The quantitative estimate of drug-likeness (QED) is 0.208. The summed E-state index contributed by atoms with van der Waals surface area (Å²) in [5.41, 5.74) is -3.23. The third-order valence-corrected chi connectivity index (χ3v) is 5.91. The van der Waals surface area contributed by atoms with Crippen LogP contribution < -0.4 is 4.74 Å². The van der Waals surface area contributed by atoms with E-state index < -0.39 is 68.1 Å². The Labute approximate surface area is 252 Å². The average Bonchev–Trinajstić information content (AvgIpc) is 2.80. The number of hydrogen-bond acceptors (Lipinski definition) is 12. The summed E-state index contributed by atoms with van der Waals surface area (Å²) in [6.45, 7) is 17.1. The standard InChI is InChI=1S/C17H24O4.C11H20O6S.O2S/c1-12-7-9-14(10-8-12)20-11-17(6,13(2)18)15(19)21-16(3,4)5;1-8(12)11(5,7-16-18(6,14)15)9(13)17-10(2,3)4;1-3-2/h7-10H,11H2,1-6H3;7H2,1-6H3;. The molecule has 0 saturated heterocycles. The lowest BCUT2D eigenvalue weighted by molar-refractivity contribution is -0.172. The van der Waals surface area contributed by atoms with E-state index in [4.69, 9.17) is 22.6 Å². The Balaban J connectivity index is 0. The highest BCUT2D eigenvalue weighted by Crippen LogP contribution is 2.26. The number of ketones is 2. The molecule has 2 atom stereocenters. The van der Waals surface area contributed by atoms with Gasteiger partial charge in [0.25, 0.3) is 10.1 Å². The summed E-state index contributed by atoms with van der Waals surface area (Å²) in [6.07, 6.45) is 0.850. The van der Waals surface area contributed by atoms with Gasteiger partial charge >= 0.3 is 23.5 Å². The molecule has 14 heteroatoms. The van der Waals surface area contributed by atoms with Gasteiger partial charge in [-0.3, -0.25) is 23.4 Å². The lowest BCUT2D eigenvalue weighted by atomic mass is 9.87. The fourth-order valence-corrected chi connectivity index (χ4v) is 2.93. The van der Waals surface area contributed by atoms with Gasteiger partial charge in [-0.15, -0.1) is 0 Å². The summed E-state index contributed by atoms with van der Waals surface area (Å²) in [5.74, 6) is -1.53. The molecule has 0 N–H and O–H groups in total. The number of Topliss-reactive ketones (excluding diaryl/α,β-unsaturated/α-hetero) is 2. The van der Waals surface area contributed by atoms with Crippen LogP contribution in [0.1, 0.15) is 74.8 Å². The zero-order chi connectivity index (χ0) is 33.7. The van der Waals surface area contributed by atoms with Gasteiger partial charge in [0.1, 0.15) is 40.5 Å². The molecule has 0 aromatic heterocycles. The van der Waals surface area contributed by atoms with Crippen LogP contribution in [0.25, 0.3) is 0 Å². The molecule has 240 valence electrons. The Morgan fingerprint density at radius 2 is 1.05 bits per heavy atom. The van der Waals surface area contributed by atoms with Crippen molar-refractivity contribution in [2.45, 2.75) is 87.4 Å². The molecule has 1 aromatic carbocycles. The van der Waals surface area contributed by atoms with Crippen molar-refractivity contribution < 1.29 is 54.4 Å². The summed E-state index contributed by atoms with van der Waals surface area (Å²) in [6, 6.07) is 7.44. The van der Waals surface area contributed by atoms with E-state index in [2.05, 4.69) is 4.18 Å². The van der Waals surface area contributed by atoms with Gasteiger partial charge in [0.15, 0.2) is 5.41 Å². The molecule has 0 spiro atoms. The van der Waals surface area contributed by atoms with Crippen LogP contribution in [0.15, 0.2) is 24.3 Å². The maximum atomic E-state index is 12.3. The van der Waals surface area contributed by atoms with Crippen molar-refractivity contribution in [1.29, 1.82) is 0 Å². The molecular formula is C28H44O12S2. The number of ether oxygens (including phenoxy) is 3. The van der Waals surface area contributed by atoms with Crippen LogP contribution >= 0.6 is 0 Å². The topological polar surface area (TPSA) is 173 Å². The first-order valence-electron chi connectivity index (χ1n) is 12.7. The van der Waals surface area contributed by atoms with E-state index in [9.17, 15) is 27.6 Å². The molecule has 0 amide bonds. The van der Waals surface area contributed by atoms with Gasteiger partial charge in [-0.2, -0.15) is 16.8 Å². The normalized spacial score (nSPS) is 14.2. The molecule has 1 rings (SSSR count). The van der Waals surface area contributed by atoms with Crippen molar-refractivity contribution in [3.8, 4) is 5.75 Å². The zero-order valence-corrected chi connectivity index (χ0v) is 28.1. The zero-order valence-electron chi connectivity index (χ0n) is 26.4. The lowest BCUT2D eigenvalue weighted by Gasteiger charge is -2.29. The second kappa shape index (κ2) is 16.6. The maximum Gasteiger partial charge on any atom is 0.335 e. The third kappa shape index (κ3) is 16.5. The molecule has 0 bridgehead atoms. The molecule has 0 heterocycles. The van der Waals surface area contributed by atoms with E-state index in [0.717, 1.165) is 11.8 Å². The number of carbonyl (C=O) groups is 4. The summed E-state index contributed by atoms with van der Waals surface area (Å²) < 4.78 is 59.0. The van der Waals surface area contributed by atoms with Crippen LogP contribution in [-0.2, 0) is 54.5 Å². The minimum atomic E-state index is -3.73. The second-order valence-corrected chi connectivity index (χ2v) is 13.7. The largest absolute Gasteiger partial charge is 0.492 e. The number of carbonyl (C=O) groups excluding carboxylic acids is 4. The van der Waals surface area contributed by atoms with E-state index in [1.165, 1.54) is 20.8 Å². The molecular weight excluding hydrogens is 592 g/mol. The van der Waals surface area contributed by atoms with Crippen LogP contribution in [0.3, 0.4) is 0 Å². The smallest absolute Gasteiger partial charge is 0.335 e. The van der Waals surface area contributed by atoms with Gasteiger partial charge in [0, 0.05) is 0 Å². The third-order valence-electron chi connectivity index (χ3n) is 5.36. The Bertz CT molecular complexity index is 1220. The Morgan fingerprint density at radius 1 is 0.714 bits per heavy atom. The van der Waals surface area contributed by atoms with Gasteiger partial charge in [-0.05, 0) is 88.3 Å². The van der Waals surface area contributed by atoms with Crippen molar-refractivity contribution in [3.05, 3.63) is 29.8 Å². The van der Waals surface area contributed by atoms with E-state index in [1.54, 1.807) is 48.5 Å². The van der Waals surface area contributed by atoms with Crippen LogP contribution in [0.5, 0.6) is 5.75 Å². The Hall–Kier alpha value is -2.97. The Morgan fingerprint density at radius 3 is 1.33 bits per heavy atom. The first kappa shape index (κ1) is 41.2. The lowest BCUT2D eigenvalue weighted by Crippen LogP contribution is -2.44. The first-order valence-corrected chi connectivity index (χ1v) is 15.2. The highest BCUT2D eigenvalue weighted by molar-refractivity contribution is 7.86. The van der Waals surface area contributed by atoms with Crippen LogP contribution in [-0.4, -0.2) is 71.0 Å². The summed E-state index contributed by atoms with van der Waals surface area (Å²) in [5, 5.41) is 0. The molecule has 0 saturated carbocycles. The predicted molar refractivity (Wildman–Crippen MR) is 156 cm³/mol. The van der Waals surface area contributed by atoms with Crippen molar-refractivity contribution in [2.75, 3.05) is 19.5 Å². The predicted octanol–water partition coefficient (Wildman–Crippen LogP) is 3.54. The first-order chi connectivity index (χ1) is 18.7. The highest BCUT2D eigenvalue weighted by atomic mass is 32.2. The minimum absolute atomic E-state index is 0.0414. The Kier molecular flexibility index (Phi) is 16.3. The number of esters is 2. The van der Waals surface area contributed by atoms with E-state index in [-0.39, 0.29) is 12.4 Å².